The monoisotopic (exact) mass is 225 g/mol. The van der Waals surface area contributed by atoms with Gasteiger partial charge in [-0.1, -0.05) is 65.2 Å². The SMILES string of the molecule is CCCCCCCC1(N)CCCCC1CC. The molecule has 0 radical (unpaired) electrons. The van der Waals surface area contributed by atoms with E-state index in [9.17, 15) is 0 Å². The summed E-state index contributed by atoms with van der Waals surface area (Å²) < 4.78 is 0. The van der Waals surface area contributed by atoms with Gasteiger partial charge in [0.25, 0.3) is 0 Å². The highest BCUT2D eigenvalue weighted by molar-refractivity contribution is 4.93. The van der Waals surface area contributed by atoms with Crippen molar-refractivity contribution in [1.82, 2.24) is 0 Å². The molecule has 0 bridgehead atoms. The molecule has 1 aliphatic rings. The first-order valence-corrected chi connectivity index (χ1v) is 7.52. The van der Waals surface area contributed by atoms with Crippen LogP contribution in [0.1, 0.15) is 84.5 Å². The van der Waals surface area contributed by atoms with Gasteiger partial charge < -0.3 is 5.73 Å². The van der Waals surface area contributed by atoms with Crippen LogP contribution >= 0.6 is 0 Å². The Hall–Kier alpha value is -0.0400. The fourth-order valence-electron chi connectivity index (χ4n) is 3.33. The van der Waals surface area contributed by atoms with Gasteiger partial charge in [-0.3, -0.25) is 0 Å². The number of rotatable bonds is 7. The zero-order valence-electron chi connectivity index (χ0n) is 11.4. The molecule has 0 saturated heterocycles. The summed E-state index contributed by atoms with van der Waals surface area (Å²) in [5, 5.41) is 0. The van der Waals surface area contributed by atoms with Crippen molar-refractivity contribution in [3.63, 3.8) is 0 Å². The Morgan fingerprint density at radius 1 is 1.06 bits per heavy atom. The van der Waals surface area contributed by atoms with Crippen LogP contribution in [0.25, 0.3) is 0 Å². The molecule has 1 fully saturated rings. The van der Waals surface area contributed by atoms with Crippen LogP contribution in [0.4, 0.5) is 0 Å². The van der Waals surface area contributed by atoms with E-state index in [-0.39, 0.29) is 5.54 Å². The van der Waals surface area contributed by atoms with E-state index in [2.05, 4.69) is 13.8 Å². The van der Waals surface area contributed by atoms with Crippen molar-refractivity contribution < 1.29 is 0 Å². The number of hydrogen-bond donors (Lipinski definition) is 1. The first-order valence-electron chi connectivity index (χ1n) is 7.52. The Morgan fingerprint density at radius 2 is 1.81 bits per heavy atom. The van der Waals surface area contributed by atoms with Crippen LogP contribution < -0.4 is 5.73 Å². The summed E-state index contributed by atoms with van der Waals surface area (Å²) in [4.78, 5) is 0. The second-order valence-electron chi connectivity index (χ2n) is 5.75. The minimum Gasteiger partial charge on any atom is -0.325 e. The summed E-state index contributed by atoms with van der Waals surface area (Å²) in [6.07, 6.45) is 14.9. The van der Waals surface area contributed by atoms with E-state index < -0.39 is 0 Å². The van der Waals surface area contributed by atoms with Crippen LogP contribution in [0.5, 0.6) is 0 Å². The molecule has 0 heterocycles. The highest BCUT2D eigenvalue weighted by atomic mass is 14.8. The highest BCUT2D eigenvalue weighted by Gasteiger charge is 2.34. The molecule has 1 rings (SSSR count). The quantitative estimate of drug-likeness (QED) is 0.627. The fraction of sp³-hybridized carbons (Fsp3) is 1.00. The third kappa shape index (κ3) is 4.08. The lowest BCUT2D eigenvalue weighted by molar-refractivity contribution is 0.167. The molecule has 1 nitrogen and oxygen atoms in total. The van der Waals surface area contributed by atoms with Crippen LogP contribution in [0.3, 0.4) is 0 Å². The van der Waals surface area contributed by atoms with Gasteiger partial charge in [-0.05, 0) is 25.2 Å². The van der Waals surface area contributed by atoms with Gasteiger partial charge in [0, 0.05) is 5.54 Å². The molecule has 0 aromatic heterocycles. The molecule has 0 aromatic carbocycles. The van der Waals surface area contributed by atoms with Gasteiger partial charge in [-0.2, -0.15) is 0 Å². The Labute approximate surface area is 102 Å². The van der Waals surface area contributed by atoms with Crippen LogP contribution in [-0.2, 0) is 0 Å². The van der Waals surface area contributed by atoms with Crippen molar-refractivity contribution in [2.75, 3.05) is 0 Å². The zero-order valence-corrected chi connectivity index (χ0v) is 11.4. The van der Waals surface area contributed by atoms with Gasteiger partial charge in [-0.15, -0.1) is 0 Å². The van der Waals surface area contributed by atoms with E-state index in [0.29, 0.717) is 0 Å². The largest absolute Gasteiger partial charge is 0.325 e. The number of nitrogens with two attached hydrogens (primary N) is 1. The van der Waals surface area contributed by atoms with Crippen molar-refractivity contribution in [3.05, 3.63) is 0 Å². The summed E-state index contributed by atoms with van der Waals surface area (Å²) in [6, 6.07) is 0. The zero-order chi connectivity index (χ0) is 11.9. The molecule has 96 valence electrons. The Kier molecular flexibility index (Phi) is 6.41. The average Bonchev–Trinajstić information content (AvgIpc) is 2.29. The minimum absolute atomic E-state index is 0.194. The molecule has 0 spiro atoms. The maximum absolute atomic E-state index is 6.63. The Bertz CT molecular complexity index is 178. The van der Waals surface area contributed by atoms with Crippen molar-refractivity contribution >= 4 is 0 Å². The second-order valence-corrected chi connectivity index (χ2v) is 5.75. The van der Waals surface area contributed by atoms with E-state index in [1.54, 1.807) is 0 Å². The summed E-state index contributed by atoms with van der Waals surface area (Å²) in [6.45, 7) is 4.59. The molecular formula is C15H31N. The van der Waals surface area contributed by atoms with E-state index in [0.717, 1.165) is 5.92 Å². The number of hydrogen-bond acceptors (Lipinski definition) is 1. The summed E-state index contributed by atoms with van der Waals surface area (Å²) in [5.41, 5.74) is 6.82. The van der Waals surface area contributed by atoms with E-state index in [1.165, 1.54) is 70.6 Å². The van der Waals surface area contributed by atoms with Gasteiger partial charge in [0.05, 0.1) is 0 Å². The Balaban J connectivity index is 2.25. The standard InChI is InChI=1S/C15H31N/c1-3-5-6-7-9-12-15(16)13-10-8-11-14(15)4-2/h14H,3-13,16H2,1-2H3. The summed E-state index contributed by atoms with van der Waals surface area (Å²) in [5.74, 6) is 0.799. The molecule has 0 amide bonds. The van der Waals surface area contributed by atoms with Crippen molar-refractivity contribution in [2.45, 2.75) is 90.0 Å². The first-order chi connectivity index (χ1) is 7.73. The maximum Gasteiger partial charge on any atom is 0.0182 e. The molecule has 2 atom stereocenters. The minimum atomic E-state index is 0.194. The van der Waals surface area contributed by atoms with Crippen molar-refractivity contribution in [1.29, 1.82) is 0 Å². The molecule has 1 saturated carbocycles. The predicted molar refractivity (Wildman–Crippen MR) is 72.5 cm³/mol. The molecule has 16 heavy (non-hydrogen) atoms. The molecule has 2 N–H and O–H groups in total. The van der Waals surface area contributed by atoms with Gasteiger partial charge >= 0.3 is 0 Å². The van der Waals surface area contributed by atoms with Crippen molar-refractivity contribution in [3.8, 4) is 0 Å². The molecule has 0 aliphatic heterocycles. The van der Waals surface area contributed by atoms with Crippen LogP contribution in [0.2, 0.25) is 0 Å². The van der Waals surface area contributed by atoms with Gasteiger partial charge in [0.2, 0.25) is 0 Å². The van der Waals surface area contributed by atoms with Crippen LogP contribution in [-0.4, -0.2) is 5.54 Å². The van der Waals surface area contributed by atoms with Gasteiger partial charge in [-0.25, -0.2) is 0 Å². The number of unbranched alkanes of at least 4 members (excludes halogenated alkanes) is 4. The smallest absolute Gasteiger partial charge is 0.0182 e. The average molecular weight is 225 g/mol. The lowest BCUT2D eigenvalue weighted by Gasteiger charge is -2.41. The molecule has 1 aliphatic carbocycles. The third-order valence-corrected chi connectivity index (χ3v) is 4.50. The molecule has 2 unspecified atom stereocenters. The third-order valence-electron chi connectivity index (χ3n) is 4.50. The lowest BCUT2D eigenvalue weighted by Crippen LogP contribution is -2.48. The highest BCUT2D eigenvalue weighted by Crippen LogP contribution is 2.37. The van der Waals surface area contributed by atoms with E-state index in [4.69, 9.17) is 5.73 Å². The van der Waals surface area contributed by atoms with Crippen molar-refractivity contribution in [2.24, 2.45) is 11.7 Å². The Morgan fingerprint density at radius 3 is 2.50 bits per heavy atom. The normalized spacial score (nSPS) is 30.6. The predicted octanol–water partition coefficient (Wildman–Crippen LogP) is 4.64. The fourth-order valence-corrected chi connectivity index (χ4v) is 3.33. The molecular weight excluding hydrogens is 194 g/mol. The van der Waals surface area contributed by atoms with Gasteiger partial charge in [0.15, 0.2) is 0 Å². The first kappa shape index (κ1) is 14.0. The van der Waals surface area contributed by atoms with Crippen LogP contribution in [0.15, 0.2) is 0 Å². The van der Waals surface area contributed by atoms with Crippen LogP contribution in [0, 0.1) is 5.92 Å². The lowest BCUT2D eigenvalue weighted by atomic mass is 9.69. The summed E-state index contributed by atoms with van der Waals surface area (Å²) in [7, 11) is 0. The molecule has 1 heteroatoms. The molecule has 0 aromatic rings. The maximum atomic E-state index is 6.63. The van der Waals surface area contributed by atoms with E-state index in [1.807, 2.05) is 0 Å². The van der Waals surface area contributed by atoms with Gasteiger partial charge in [0.1, 0.15) is 0 Å². The van der Waals surface area contributed by atoms with E-state index >= 15 is 0 Å². The summed E-state index contributed by atoms with van der Waals surface area (Å²) >= 11 is 0. The second kappa shape index (κ2) is 7.32. The topological polar surface area (TPSA) is 26.0 Å².